The molecule has 44 heavy (non-hydrogen) atoms. The molecule has 1 aliphatic heterocycles. The summed E-state index contributed by atoms with van der Waals surface area (Å²) in [7, 11) is 0. The van der Waals surface area contributed by atoms with Gasteiger partial charge in [-0.1, -0.05) is 44.6 Å². The van der Waals surface area contributed by atoms with Gasteiger partial charge in [0.25, 0.3) is 5.56 Å². The van der Waals surface area contributed by atoms with Gasteiger partial charge in [0.2, 0.25) is 0 Å². The van der Waals surface area contributed by atoms with Crippen molar-refractivity contribution in [2.75, 3.05) is 13.1 Å². The van der Waals surface area contributed by atoms with Gasteiger partial charge >= 0.3 is 5.97 Å². The van der Waals surface area contributed by atoms with Crippen LogP contribution in [-0.2, 0) is 24.2 Å². The summed E-state index contributed by atoms with van der Waals surface area (Å²) in [6.45, 7) is 13.9. The van der Waals surface area contributed by atoms with Crippen LogP contribution in [0.25, 0.3) is 0 Å². The predicted octanol–water partition coefficient (Wildman–Crippen LogP) is 6.81. The standard InChI is InChI=1S/C38H55N3O3/c1-24-13-14-28(30(21-24)32-11-6-12-33-35(37(43)44)26(3)9-7-18-38(32,33)5)10-8-19-41-27(4)39-34-16-15-29(22-31(34)36(41)42)40-20-17-25(2)23-40/h24-25,28-30,32-33H,6-7,9,11-23H2,1-5H3,(H,43,44)/t24?,25-,28?,29?,30?,32?,33-,38?/m1/s1. The van der Waals surface area contributed by atoms with Crippen molar-refractivity contribution in [1.29, 1.82) is 0 Å². The summed E-state index contributed by atoms with van der Waals surface area (Å²) in [6, 6.07) is 0.458. The van der Waals surface area contributed by atoms with E-state index in [0.29, 0.717) is 36.3 Å². The normalized spacial score (nSPS) is 36.2. The van der Waals surface area contributed by atoms with Crippen LogP contribution in [0.5, 0.6) is 0 Å². The molecule has 2 saturated carbocycles. The van der Waals surface area contributed by atoms with Crippen LogP contribution in [0.4, 0.5) is 0 Å². The van der Waals surface area contributed by atoms with E-state index >= 15 is 0 Å². The highest BCUT2D eigenvalue weighted by atomic mass is 16.4. The molecule has 6 heteroatoms. The number of fused-ring (bicyclic) bond motifs is 2. The molecule has 4 aliphatic carbocycles. The van der Waals surface area contributed by atoms with Gasteiger partial charge in [-0.15, -0.1) is 0 Å². The summed E-state index contributed by atoms with van der Waals surface area (Å²) in [5, 5.41) is 10.3. The Labute approximate surface area is 265 Å². The Morgan fingerprint density at radius 2 is 1.86 bits per heavy atom. The zero-order chi connectivity index (χ0) is 31.2. The molecule has 1 saturated heterocycles. The van der Waals surface area contributed by atoms with E-state index in [1.54, 1.807) is 0 Å². The molecule has 5 aliphatic rings. The quantitative estimate of drug-likeness (QED) is 0.384. The Kier molecular flexibility index (Phi) is 9.17. The highest BCUT2D eigenvalue weighted by molar-refractivity contribution is 5.88. The number of aliphatic carboxylic acids is 1. The fraction of sp³-hybridized carbons (Fsp3) is 0.763. The zero-order valence-electron chi connectivity index (χ0n) is 28.0. The lowest BCUT2D eigenvalue weighted by molar-refractivity contribution is -0.134. The van der Waals surface area contributed by atoms with Crippen LogP contribution in [0.1, 0.15) is 115 Å². The summed E-state index contributed by atoms with van der Waals surface area (Å²) in [5.74, 6) is 10.2. The molecule has 0 spiro atoms. The molecule has 1 aromatic heterocycles. The Balaban J connectivity index is 1.24. The molecular weight excluding hydrogens is 546 g/mol. The number of carboxylic acid groups (broad SMARTS) is 1. The van der Waals surface area contributed by atoms with Crippen LogP contribution in [0.15, 0.2) is 15.9 Å². The van der Waals surface area contributed by atoms with Crippen molar-refractivity contribution in [3.8, 4) is 11.8 Å². The molecule has 2 heterocycles. The Morgan fingerprint density at radius 1 is 1.05 bits per heavy atom. The number of carbonyl (C=O) groups is 1. The summed E-state index contributed by atoms with van der Waals surface area (Å²) in [4.78, 5) is 33.9. The lowest BCUT2D eigenvalue weighted by Crippen LogP contribution is -2.46. The Hall–Kier alpha value is -2.39. The number of hydrogen-bond acceptors (Lipinski definition) is 4. The smallest absolute Gasteiger partial charge is 0.331 e. The van der Waals surface area contributed by atoms with E-state index in [-0.39, 0.29) is 16.9 Å². The first-order valence-corrected chi connectivity index (χ1v) is 17.8. The summed E-state index contributed by atoms with van der Waals surface area (Å²) in [5.41, 5.74) is 3.88. The molecule has 240 valence electrons. The highest BCUT2D eigenvalue weighted by Gasteiger charge is 2.52. The van der Waals surface area contributed by atoms with Crippen LogP contribution >= 0.6 is 0 Å². The number of hydrogen-bond donors (Lipinski definition) is 1. The van der Waals surface area contributed by atoms with Crippen LogP contribution in [0, 0.1) is 59.7 Å². The molecule has 8 atom stereocenters. The predicted molar refractivity (Wildman–Crippen MR) is 175 cm³/mol. The number of carboxylic acids is 1. The summed E-state index contributed by atoms with van der Waals surface area (Å²) in [6.07, 6.45) is 13.9. The molecule has 0 bridgehead atoms. The molecule has 6 unspecified atom stereocenters. The number of allylic oxidation sites excluding steroid dienone is 1. The maximum Gasteiger partial charge on any atom is 0.331 e. The van der Waals surface area contributed by atoms with Crippen molar-refractivity contribution in [3.05, 3.63) is 38.6 Å². The van der Waals surface area contributed by atoms with Crippen molar-refractivity contribution in [1.82, 2.24) is 14.5 Å². The molecule has 1 aromatic rings. The van der Waals surface area contributed by atoms with Gasteiger partial charge in [0.1, 0.15) is 5.82 Å². The minimum absolute atomic E-state index is 0.00497. The first-order valence-electron chi connectivity index (χ1n) is 17.8. The van der Waals surface area contributed by atoms with E-state index in [4.69, 9.17) is 4.98 Å². The maximum absolute atomic E-state index is 13.8. The van der Waals surface area contributed by atoms with Gasteiger partial charge in [0, 0.05) is 29.6 Å². The van der Waals surface area contributed by atoms with Crippen LogP contribution in [0.2, 0.25) is 0 Å². The van der Waals surface area contributed by atoms with Crippen molar-refractivity contribution in [2.24, 2.45) is 40.9 Å². The first-order chi connectivity index (χ1) is 21.1. The average Bonchev–Trinajstić information content (AvgIpc) is 3.36. The summed E-state index contributed by atoms with van der Waals surface area (Å²) >= 11 is 0. The minimum atomic E-state index is -0.699. The van der Waals surface area contributed by atoms with Gasteiger partial charge in [-0.2, -0.15) is 0 Å². The molecule has 0 amide bonds. The van der Waals surface area contributed by atoms with Crippen molar-refractivity contribution in [2.45, 2.75) is 131 Å². The molecule has 0 aromatic carbocycles. The van der Waals surface area contributed by atoms with Crippen LogP contribution in [0.3, 0.4) is 0 Å². The molecule has 6 rings (SSSR count). The third kappa shape index (κ3) is 5.95. The van der Waals surface area contributed by atoms with Crippen molar-refractivity contribution < 1.29 is 9.90 Å². The second-order valence-electron chi connectivity index (χ2n) is 15.7. The first kappa shape index (κ1) is 31.6. The maximum atomic E-state index is 13.8. The Morgan fingerprint density at radius 3 is 2.61 bits per heavy atom. The van der Waals surface area contributed by atoms with Crippen LogP contribution < -0.4 is 5.56 Å². The fourth-order valence-electron chi connectivity index (χ4n) is 10.4. The highest BCUT2D eigenvalue weighted by Crippen LogP contribution is 2.59. The number of aromatic nitrogens is 2. The van der Waals surface area contributed by atoms with Crippen molar-refractivity contribution in [3.63, 3.8) is 0 Å². The van der Waals surface area contributed by atoms with E-state index in [0.717, 1.165) is 105 Å². The van der Waals surface area contributed by atoms with E-state index in [2.05, 4.69) is 44.4 Å². The van der Waals surface area contributed by atoms with Gasteiger partial charge in [0.05, 0.1) is 12.2 Å². The summed E-state index contributed by atoms with van der Waals surface area (Å²) < 4.78 is 1.83. The fourth-order valence-corrected chi connectivity index (χ4v) is 10.4. The number of aryl methyl sites for hydroxylation is 2. The average molecular weight is 602 g/mol. The Bertz CT molecular complexity index is 1410. The van der Waals surface area contributed by atoms with E-state index in [1.807, 2.05) is 11.5 Å². The molecule has 0 radical (unpaired) electrons. The SMILES string of the molecule is CC1=C(C(=O)O)[C@H]2CCCC(C3CC(C)CCC3C#CCn3c(C)nc4c(c3=O)CC(N3CC[C@@H](C)C3)CC4)C2(C)CCC1. The molecule has 6 nitrogen and oxygen atoms in total. The van der Waals surface area contributed by atoms with Gasteiger partial charge in [-0.3, -0.25) is 14.3 Å². The molecular formula is C38H55N3O3. The lowest BCUT2D eigenvalue weighted by Gasteiger charge is -2.53. The number of nitrogens with zero attached hydrogens (tertiary/aromatic N) is 3. The third-order valence-electron chi connectivity index (χ3n) is 12.8. The van der Waals surface area contributed by atoms with Crippen LogP contribution in [-0.4, -0.2) is 44.7 Å². The zero-order valence-corrected chi connectivity index (χ0v) is 28.0. The van der Waals surface area contributed by atoms with E-state index in [9.17, 15) is 14.7 Å². The number of likely N-dealkylation sites (tertiary alicyclic amines) is 1. The topological polar surface area (TPSA) is 75.4 Å². The second kappa shape index (κ2) is 12.8. The molecule has 3 fully saturated rings. The molecule has 1 N–H and O–H groups in total. The third-order valence-corrected chi connectivity index (χ3v) is 12.8. The monoisotopic (exact) mass is 601 g/mol. The van der Waals surface area contributed by atoms with E-state index in [1.165, 1.54) is 25.7 Å². The van der Waals surface area contributed by atoms with Gasteiger partial charge in [-0.25, -0.2) is 9.78 Å². The van der Waals surface area contributed by atoms with Gasteiger partial charge in [0.15, 0.2) is 0 Å². The largest absolute Gasteiger partial charge is 0.478 e. The lowest BCUT2D eigenvalue weighted by atomic mass is 9.51. The van der Waals surface area contributed by atoms with E-state index < -0.39 is 5.97 Å². The van der Waals surface area contributed by atoms with Gasteiger partial charge in [-0.05, 0) is 132 Å². The second-order valence-corrected chi connectivity index (χ2v) is 15.7. The van der Waals surface area contributed by atoms with Gasteiger partial charge < -0.3 is 5.11 Å². The van der Waals surface area contributed by atoms with Crippen molar-refractivity contribution >= 4 is 5.97 Å². The number of rotatable bonds is 4. The minimum Gasteiger partial charge on any atom is -0.478 e.